The molecule has 1 aromatic rings. The van der Waals surface area contributed by atoms with Crippen molar-refractivity contribution in [2.24, 2.45) is 11.8 Å². The van der Waals surface area contributed by atoms with Crippen LogP contribution >= 0.6 is 7.82 Å². The molecule has 210 valence electrons. The highest BCUT2D eigenvalue weighted by atomic mass is 31.2. The van der Waals surface area contributed by atoms with Gasteiger partial charge in [0.05, 0.1) is 18.1 Å². The molecule has 9 nitrogen and oxygen atoms in total. The molecule has 0 aliphatic heterocycles. The van der Waals surface area contributed by atoms with Crippen molar-refractivity contribution < 1.29 is 54.7 Å². The number of alkyl halides is 6. The van der Waals surface area contributed by atoms with Gasteiger partial charge >= 0.3 is 19.9 Å². The van der Waals surface area contributed by atoms with Crippen molar-refractivity contribution in [2.75, 3.05) is 5.32 Å². The van der Waals surface area contributed by atoms with Gasteiger partial charge in [0.25, 0.3) is 5.56 Å². The van der Waals surface area contributed by atoms with Gasteiger partial charge in [-0.15, -0.1) is 0 Å². The fraction of sp³-hybridized carbons (Fsp3) is 0.714. The maximum Gasteiger partial charge on any atom is 0.471 e. The molecular formula is C21H27F6N2O7P. The maximum absolute atomic E-state index is 14.1. The Balaban J connectivity index is 1.74. The van der Waals surface area contributed by atoms with Gasteiger partial charge in [-0.25, -0.2) is 8.96 Å². The molecule has 0 radical (unpaired) electrons. The number of ether oxygens (including phenoxy) is 1. The average molecular weight is 564 g/mol. The van der Waals surface area contributed by atoms with E-state index in [-0.39, 0.29) is 37.8 Å². The molecule has 0 spiro atoms. The Morgan fingerprint density at radius 3 is 2.32 bits per heavy atom. The number of anilines is 1. The van der Waals surface area contributed by atoms with Crippen LogP contribution in [0.2, 0.25) is 0 Å². The highest BCUT2D eigenvalue weighted by Gasteiger charge is 2.63. The number of aromatic nitrogens is 1. The minimum Gasteiger partial charge on any atom is -0.374 e. The molecule has 16 heteroatoms. The van der Waals surface area contributed by atoms with Crippen molar-refractivity contribution in [2.45, 2.75) is 82.2 Å². The summed E-state index contributed by atoms with van der Waals surface area (Å²) in [6.07, 6.45) is -8.51. The Kier molecular flexibility index (Phi) is 9.16. The third kappa shape index (κ3) is 7.79. The smallest absolute Gasteiger partial charge is 0.374 e. The molecule has 0 aromatic carbocycles. The first-order valence-corrected chi connectivity index (χ1v) is 13.1. The highest BCUT2D eigenvalue weighted by Crippen LogP contribution is 2.48. The number of amides is 1. The SMILES string of the molecule is O=C(Nc1ccn(COP(=O)(O)O)c(=O)c1)C1CCC(C(F)(F)C(F)(F)F)CC1OC1CCC(F)CC1. The zero-order chi connectivity index (χ0) is 27.6. The van der Waals surface area contributed by atoms with Gasteiger partial charge in [0.15, 0.2) is 0 Å². The van der Waals surface area contributed by atoms with Gasteiger partial charge in [0.1, 0.15) is 12.9 Å². The summed E-state index contributed by atoms with van der Waals surface area (Å²) in [5.41, 5.74) is -0.836. The summed E-state index contributed by atoms with van der Waals surface area (Å²) in [5, 5.41) is 2.41. The molecule has 2 aliphatic rings. The monoisotopic (exact) mass is 564 g/mol. The van der Waals surface area contributed by atoms with E-state index in [2.05, 4.69) is 9.84 Å². The summed E-state index contributed by atoms with van der Waals surface area (Å²) in [6.45, 7) is -0.772. The van der Waals surface area contributed by atoms with Gasteiger partial charge < -0.3 is 19.8 Å². The second-order valence-electron chi connectivity index (χ2n) is 9.25. The van der Waals surface area contributed by atoms with Gasteiger partial charge in [-0.1, -0.05) is 0 Å². The van der Waals surface area contributed by atoms with Crippen molar-refractivity contribution in [3.63, 3.8) is 0 Å². The Bertz CT molecular complexity index is 1050. The zero-order valence-electron chi connectivity index (χ0n) is 19.4. The summed E-state index contributed by atoms with van der Waals surface area (Å²) in [7, 11) is -4.85. The van der Waals surface area contributed by atoms with Gasteiger partial charge in [-0.05, 0) is 51.0 Å². The molecular weight excluding hydrogens is 537 g/mol. The third-order valence-corrected chi connectivity index (χ3v) is 7.07. The van der Waals surface area contributed by atoms with Gasteiger partial charge in [0, 0.05) is 23.9 Å². The van der Waals surface area contributed by atoms with E-state index in [0.717, 1.165) is 16.8 Å². The first-order chi connectivity index (χ1) is 17.1. The van der Waals surface area contributed by atoms with Crippen LogP contribution in [0.3, 0.4) is 0 Å². The van der Waals surface area contributed by atoms with Crippen LogP contribution in [-0.4, -0.2) is 50.7 Å². The summed E-state index contributed by atoms with van der Waals surface area (Å²) in [5.74, 6) is -8.95. The fourth-order valence-electron chi connectivity index (χ4n) is 4.61. The molecule has 2 aliphatic carbocycles. The summed E-state index contributed by atoms with van der Waals surface area (Å²) in [4.78, 5) is 42.6. The third-order valence-electron chi connectivity index (χ3n) is 6.62. The van der Waals surface area contributed by atoms with E-state index < -0.39 is 81.2 Å². The Morgan fingerprint density at radius 1 is 1.11 bits per heavy atom. The summed E-state index contributed by atoms with van der Waals surface area (Å²) < 4.78 is 102. The second-order valence-corrected chi connectivity index (χ2v) is 10.5. The number of pyridine rings is 1. The molecule has 1 amide bonds. The number of phosphoric ester groups is 1. The van der Waals surface area contributed by atoms with E-state index >= 15 is 0 Å². The standard InChI is InChI=1S/C21H27F6N2O7P/c22-13-2-4-15(5-3-13)36-17-9-12(20(23,24)21(25,26)27)1-6-16(17)19(31)28-14-7-8-29(18(30)10-14)11-35-37(32,33)34/h7-8,10,12-13,15-17H,1-6,9,11H2,(H,28,31)(H2,32,33,34). The topological polar surface area (TPSA) is 127 Å². The van der Waals surface area contributed by atoms with Gasteiger partial charge in [-0.3, -0.25) is 18.7 Å². The zero-order valence-corrected chi connectivity index (χ0v) is 20.3. The Morgan fingerprint density at radius 2 is 1.76 bits per heavy atom. The molecule has 3 N–H and O–H groups in total. The van der Waals surface area contributed by atoms with E-state index in [1.807, 2.05) is 0 Å². The Labute approximate surface area is 207 Å². The Hall–Kier alpha value is -1.93. The summed E-state index contributed by atoms with van der Waals surface area (Å²) >= 11 is 0. The van der Waals surface area contributed by atoms with Crippen molar-refractivity contribution in [1.29, 1.82) is 0 Å². The largest absolute Gasteiger partial charge is 0.471 e. The molecule has 1 heterocycles. The van der Waals surface area contributed by atoms with Crippen LogP contribution in [-0.2, 0) is 25.4 Å². The van der Waals surface area contributed by atoms with Gasteiger partial charge in [0.2, 0.25) is 5.91 Å². The number of nitrogens with zero attached hydrogens (tertiary/aromatic N) is 1. The number of rotatable bonds is 8. The molecule has 2 saturated carbocycles. The number of phosphoric acid groups is 1. The number of hydrogen-bond donors (Lipinski definition) is 3. The van der Waals surface area contributed by atoms with E-state index in [9.17, 15) is 40.5 Å². The molecule has 0 bridgehead atoms. The minimum absolute atomic E-state index is 0.0399. The molecule has 0 saturated heterocycles. The molecule has 2 fully saturated rings. The van der Waals surface area contributed by atoms with Crippen LogP contribution in [0.4, 0.5) is 32.0 Å². The lowest BCUT2D eigenvalue weighted by Gasteiger charge is -2.40. The van der Waals surface area contributed by atoms with Gasteiger partial charge in [-0.2, -0.15) is 22.0 Å². The molecule has 1 aromatic heterocycles. The van der Waals surface area contributed by atoms with Crippen molar-refractivity contribution >= 4 is 19.4 Å². The van der Waals surface area contributed by atoms with E-state index in [0.29, 0.717) is 0 Å². The number of nitrogens with one attached hydrogen (secondary N) is 1. The highest BCUT2D eigenvalue weighted by molar-refractivity contribution is 7.46. The number of carbonyl (C=O) groups is 1. The van der Waals surface area contributed by atoms with E-state index in [1.54, 1.807) is 0 Å². The average Bonchev–Trinajstić information content (AvgIpc) is 2.78. The van der Waals surface area contributed by atoms with Crippen molar-refractivity contribution in [1.82, 2.24) is 4.57 Å². The number of halogens is 6. The lowest BCUT2D eigenvalue weighted by Crippen LogP contribution is -2.50. The second kappa shape index (κ2) is 11.4. The molecule has 3 unspecified atom stereocenters. The van der Waals surface area contributed by atoms with Crippen molar-refractivity contribution in [3.8, 4) is 0 Å². The molecule has 37 heavy (non-hydrogen) atoms. The van der Waals surface area contributed by atoms with Crippen LogP contribution in [0.25, 0.3) is 0 Å². The van der Waals surface area contributed by atoms with Crippen LogP contribution in [0.15, 0.2) is 23.1 Å². The number of hydrogen-bond acceptors (Lipinski definition) is 5. The quantitative estimate of drug-likeness (QED) is 0.320. The maximum atomic E-state index is 14.1. The van der Waals surface area contributed by atoms with Crippen LogP contribution in [0, 0.1) is 11.8 Å². The van der Waals surface area contributed by atoms with Crippen LogP contribution in [0.1, 0.15) is 44.9 Å². The predicted molar refractivity (Wildman–Crippen MR) is 116 cm³/mol. The molecule has 3 rings (SSSR count). The summed E-state index contributed by atoms with van der Waals surface area (Å²) in [6, 6.07) is 2.13. The predicted octanol–water partition coefficient (Wildman–Crippen LogP) is 4.13. The van der Waals surface area contributed by atoms with Crippen molar-refractivity contribution in [3.05, 3.63) is 28.7 Å². The van der Waals surface area contributed by atoms with Crippen LogP contribution in [0.5, 0.6) is 0 Å². The number of carbonyl (C=O) groups excluding carboxylic acids is 1. The lowest BCUT2D eigenvalue weighted by atomic mass is 9.76. The van der Waals surface area contributed by atoms with E-state index in [4.69, 9.17) is 14.5 Å². The minimum atomic E-state index is -5.77. The normalized spacial score (nSPS) is 27.6. The molecule has 3 atom stereocenters. The first-order valence-electron chi connectivity index (χ1n) is 11.5. The van der Waals surface area contributed by atoms with E-state index in [1.165, 1.54) is 6.07 Å². The van der Waals surface area contributed by atoms with Crippen LogP contribution < -0.4 is 10.9 Å². The lowest BCUT2D eigenvalue weighted by molar-refractivity contribution is -0.309. The fourth-order valence-corrected chi connectivity index (χ4v) is 4.89. The first kappa shape index (κ1) is 29.6.